The Kier molecular flexibility index (Phi) is 3.73. The van der Waals surface area contributed by atoms with E-state index >= 15 is 0 Å². The molecule has 1 heterocycles. The van der Waals surface area contributed by atoms with Crippen molar-refractivity contribution in [2.45, 2.75) is 32.4 Å². The highest BCUT2D eigenvalue weighted by Crippen LogP contribution is 2.38. The standard InChI is InChI=1S/C15H21BrN2/c16-15-6-11(7-17)4-5-14(15)10-18-8-12-2-1-3-13(12)9-18/h4-6,12-13H,1-3,7-10,17H2. The number of hydrogen-bond donors (Lipinski definition) is 1. The van der Waals surface area contributed by atoms with Crippen molar-refractivity contribution in [3.05, 3.63) is 33.8 Å². The second-order valence-corrected chi connectivity index (χ2v) is 6.63. The van der Waals surface area contributed by atoms with Crippen molar-refractivity contribution >= 4 is 15.9 Å². The lowest BCUT2D eigenvalue weighted by molar-refractivity contribution is 0.303. The highest BCUT2D eigenvalue weighted by atomic mass is 79.9. The molecular formula is C15H21BrN2. The van der Waals surface area contributed by atoms with E-state index in [-0.39, 0.29) is 0 Å². The van der Waals surface area contributed by atoms with E-state index in [0.29, 0.717) is 6.54 Å². The monoisotopic (exact) mass is 308 g/mol. The number of benzene rings is 1. The molecule has 2 atom stereocenters. The van der Waals surface area contributed by atoms with Gasteiger partial charge in [-0.1, -0.05) is 34.5 Å². The third-order valence-electron chi connectivity index (χ3n) is 4.55. The summed E-state index contributed by atoms with van der Waals surface area (Å²) in [5.41, 5.74) is 8.26. The molecule has 2 fully saturated rings. The van der Waals surface area contributed by atoms with Gasteiger partial charge < -0.3 is 5.73 Å². The summed E-state index contributed by atoms with van der Waals surface area (Å²) in [5, 5.41) is 0. The summed E-state index contributed by atoms with van der Waals surface area (Å²) in [4.78, 5) is 2.62. The average Bonchev–Trinajstić information content (AvgIpc) is 2.92. The Bertz CT molecular complexity index is 421. The van der Waals surface area contributed by atoms with Crippen molar-refractivity contribution in [2.24, 2.45) is 17.6 Å². The molecule has 2 nitrogen and oxygen atoms in total. The van der Waals surface area contributed by atoms with Crippen molar-refractivity contribution in [3.63, 3.8) is 0 Å². The van der Waals surface area contributed by atoms with Crippen molar-refractivity contribution in [2.75, 3.05) is 13.1 Å². The van der Waals surface area contributed by atoms with Gasteiger partial charge in [0.25, 0.3) is 0 Å². The molecule has 1 aliphatic heterocycles. The number of fused-ring (bicyclic) bond motifs is 1. The van der Waals surface area contributed by atoms with E-state index in [4.69, 9.17) is 5.73 Å². The lowest BCUT2D eigenvalue weighted by atomic mass is 10.0. The van der Waals surface area contributed by atoms with Crippen LogP contribution in [0.25, 0.3) is 0 Å². The van der Waals surface area contributed by atoms with Crippen molar-refractivity contribution in [3.8, 4) is 0 Å². The first-order valence-corrected chi connectivity index (χ1v) is 7.75. The normalized spacial score (nSPS) is 27.7. The summed E-state index contributed by atoms with van der Waals surface area (Å²) in [6.07, 6.45) is 4.36. The molecule has 1 saturated heterocycles. The van der Waals surface area contributed by atoms with Crippen molar-refractivity contribution in [1.29, 1.82) is 0 Å². The Balaban J connectivity index is 1.66. The Hall–Kier alpha value is -0.380. The van der Waals surface area contributed by atoms with E-state index in [1.54, 1.807) is 0 Å². The topological polar surface area (TPSA) is 29.3 Å². The first-order chi connectivity index (χ1) is 8.76. The van der Waals surface area contributed by atoms with Gasteiger partial charge >= 0.3 is 0 Å². The third kappa shape index (κ3) is 2.49. The van der Waals surface area contributed by atoms with E-state index < -0.39 is 0 Å². The van der Waals surface area contributed by atoms with Crippen LogP contribution in [0.4, 0.5) is 0 Å². The first-order valence-electron chi connectivity index (χ1n) is 6.96. The lowest BCUT2D eigenvalue weighted by Gasteiger charge is -2.18. The fourth-order valence-electron chi connectivity index (χ4n) is 3.55. The fourth-order valence-corrected chi connectivity index (χ4v) is 4.10. The number of hydrogen-bond acceptors (Lipinski definition) is 2. The van der Waals surface area contributed by atoms with Crippen LogP contribution in [0, 0.1) is 11.8 Å². The quantitative estimate of drug-likeness (QED) is 0.929. The predicted octanol–water partition coefficient (Wildman–Crippen LogP) is 3.14. The minimum Gasteiger partial charge on any atom is -0.326 e. The van der Waals surface area contributed by atoms with E-state index in [1.807, 2.05) is 0 Å². The molecule has 3 heteroatoms. The molecule has 1 aromatic carbocycles. The van der Waals surface area contributed by atoms with Gasteiger partial charge in [0.1, 0.15) is 0 Å². The van der Waals surface area contributed by atoms with Gasteiger partial charge in [0.2, 0.25) is 0 Å². The predicted molar refractivity (Wildman–Crippen MR) is 78.1 cm³/mol. The highest BCUT2D eigenvalue weighted by Gasteiger charge is 2.35. The smallest absolute Gasteiger partial charge is 0.0245 e. The summed E-state index contributed by atoms with van der Waals surface area (Å²) < 4.78 is 1.21. The second-order valence-electron chi connectivity index (χ2n) is 5.78. The summed E-state index contributed by atoms with van der Waals surface area (Å²) in [7, 11) is 0. The summed E-state index contributed by atoms with van der Waals surface area (Å²) in [6.45, 7) is 4.30. The number of nitrogens with two attached hydrogens (primary N) is 1. The summed E-state index contributed by atoms with van der Waals surface area (Å²) in [5.74, 6) is 1.96. The van der Waals surface area contributed by atoms with Gasteiger partial charge in [-0.05, 0) is 41.9 Å². The maximum absolute atomic E-state index is 5.66. The molecule has 1 saturated carbocycles. The van der Waals surface area contributed by atoms with Crippen LogP contribution >= 0.6 is 15.9 Å². The molecule has 0 radical (unpaired) electrons. The van der Waals surface area contributed by atoms with E-state index in [9.17, 15) is 0 Å². The highest BCUT2D eigenvalue weighted by molar-refractivity contribution is 9.10. The molecular weight excluding hydrogens is 288 g/mol. The Labute approximate surface area is 118 Å². The minimum absolute atomic E-state index is 0.618. The third-order valence-corrected chi connectivity index (χ3v) is 5.29. The van der Waals surface area contributed by atoms with Crippen molar-refractivity contribution in [1.82, 2.24) is 4.90 Å². The van der Waals surface area contributed by atoms with Gasteiger partial charge in [-0.15, -0.1) is 0 Å². The van der Waals surface area contributed by atoms with Crippen LogP contribution in [-0.2, 0) is 13.1 Å². The maximum Gasteiger partial charge on any atom is 0.0245 e. The lowest BCUT2D eigenvalue weighted by Crippen LogP contribution is -2.21. The van der Waals surface area contributed by atoms with Crippen LogP contribution in [0.15, 0.2) is 22.7 Å². The molecule has 18 heavy (non-hydrogen) atoms. The zero-order valence-corrected chi connectivity index (χ0v) is 12.3. The zero-order valence-electron chi connectivity index (χ0n) is 10.7. The molecule has 3 rings (SSSR count). The van der Waals surface area contributed by atoms with Crippen LogP contribution in [0.2, 0.25) is 0 Å². The molecule has 0 spiro atoms. The summed E-state index contributed by atoms with van der Waals surface area (Å²) in [6, 6.07) is 6.53. The minimum atomic E-state index is 0.618. The van der Waals surface area contributed by atoms with Crippen LogP contribution in [-0.4, -0.2) is 18.0 Å². The largest absolute Gasteiger partial charge is 0.326 e. The molecule has 1 aromatic rings. The van der Waals surface area contributed by atoms with Crippen LogP contribution in [0.1, 0.15) is 30.4 Å². The van der Waals surface area contributed by atoms with Crippen molar-refractivity contribution < 1.29 is 0 Å². The number of nitrogens with zero attached hydrogens (tertiary/aromatic N) is 1. The maximum atomic E-state index is 5.66. The van der Waals surface area contributed by atoms with E-state index in [0.717, 1.165) is 18.4 Å². The number of halogens is 1. The van der Waals surface area contributed by atoms with Gasteiger partial charge in [-0.2, -0.15) is 0 Å². The van der Waals surface area contributed by atoms with Gasteiger partial charge in [0.05, 0.1) is 0 Å². The Morgan fingerprint density at radius 3 is 2.56 bits per heavy atom. The molecule has 1 aliphatic carbocycles. The Morgan fingerprint density at radius 2 is 1.94 bits per heavy atom. The molecule has 98 valence electrons. The molecule has 2 N–H and O–H groups in total. The van der Waals surface area contributed by atoms with Crippen LogP contribution in [0.5, 0.6) is 0 Å². The summed E-state index contributed by atoms with van der Waals surface area (Å²) >= 11 is 3.67. The second kappa shape index (κ2) is 5.32. The van der Waals surface area contributed by atoms with Crippen LogP contribution < -0.4 is 5.73 Å². The molecule has 0 aromatic heterocycles. The Morgan fingerprint density at radius 1 is 1.22 bits per heavy atom. The first kappa shape index (κ1) is 12.6. The number of likely N-dealkylation sites (tertiary alicyclic amines) is 1. The van der Waals surface area contributed by atoms with Gasteiger partial charge in [0.15, 0.2) is 0 Å². The molecule has 2 aliphatic rings. The van der Waals surface area contributed by atoms with Crippen LogP contribution in [0.3, 0.4) is 0 Å². The van der Waals surface area contributed by atoms with E-state index in [2.05, 4.69) is 39.0 Å². The van der Waals surface area contributed by atoms with Gasteiger partial charge in [-0.3, -0.25) is 4.90 Å². The molecule has 2 unspecified atom stereocenters. The molecule has 0 bridgehead atoms. The zero-order chi connectivity index (χ0) is 12.5. The molecule has 0 amide bonds. The number of rotatable bonds is 3. The van der Waals surface area contributed by atoms with Gasteiger partial charge in [-0.25, -0.2) is 0 Å². The van der Waals surface area contributed by atoms with Gasteiger partial charge in [0, 0.05) is 30.7 Å². The fraction of sp³-hybridized carbons (Fsp3) is 0.600. The van der Waals surface area contributed by atoms with E-state index in [1.165, 1.54) is 48.0 Å². The SMILES string of the molecule is NCc1ccc(CN2CC3CCCC3C2)c(Br)c1. The average molecular weight is 309 g/mol.